The molecule has 7 nitrogen and oxygen atoms in total. The van der Waals surface area contributed by atoms with E-state index in [-0.39, 0.29) is 6.79 Å². The van der Waals surface area contributed by atoms with Crippen LogP contribution in [0.3, 0.4) is 0 Å². The topological polar surface area (TPSA) is 70.4 Å². The minimum atomic E-state index is 0.288. The fourth-order valence-electron chi connectivity index (χ4n) is 2.37. The lowest BCUT2D eigenvalue weighted by Crippen LogP contribution is -2.19. The van der Waals surface area contributed by atoms with Gasteiger partial charge in [-0.25, -0.2) is 0 Å². The van der Waals surface area contributed by atoms with Crippen molar-refractivity contribution in [2.45, 2.75) is 19.7 Å². The first-order valence-electron chi connectivity index (χ1n) is 6.52. The molecule has 1 aromatic carbocycles. The van der Waals surface area contributed by atoms with Crippen molar-refractivity contribution in [2.24, 2.45) is 0 Å². The molecule has 0 bridgehead atoms. The Morgan fingerprint density at radius 2 is 2.15 bits per heavy atom. The van der Waals surface area contributed by atoms with Crippen LogP contribution in [0.5, 0.6) is 11.5 Å². The van der Waals surface area contributed by atoms with Gasteiger partial charge in [0.05, 0.1) is 13.2 Å². The van der Waals surface area contributed by atoms with Crippen LogP contribution in [0.25, 0.3) is 0 Å². The Morgan fingerprint density at radius 1 is 1.20 bits per heavy atom. The van der Waals surface area contributed by atoms with E-state index in [1.165, 1.54) is 0 Å². The van der Waals surface area contributed by atoms with Gasteiger partial charge in [0.15, 0.2) is 23.1 Å². The Bertz CT molecular complexity index is 641. The largest absolute Gasteiger partial charge is 0.454 e. The van der Waals surface area contributed by atoms with Gasteiger partial charge in [0, 0.05) is 18.3 Å². The first-order valence-corrected chi connectivity index (χ1v) is 6.52. The van der Waals surface area contributed by atoms with Crippen LogP contribution in [-0.4, -0.2) is 28.2 Å². The normalized spacial score (nSPS) is 16.0. The fraction of sp³-hybridized carbons (Fsp3) is 0.385. The van der Waals surface area contributed by atoms with E-state index in [0.717, 1.165) is 35.4 Å². The van der Waals surface area contributed by atoms with Gasteiger partial charge in [-0.1, -0.05) is 0 Å². The quantitative estimate of drug-likeness (QED) is 0.905. The van der Waals surface area contributed by atoms with Gasteiger partial charge in [0.25, 0.3) is 0 Å². The van der Waals surface area contributed by atoms with E-state index in [1.807, 2.05) is 18.2 Å². The molecule has 0 saturated heterocycles. The van der Waals surface area contributed by atoms with Gasteiger partial charge in [-0.05, 0) is 12.1 Å². The van der Waals surface area contributed by atoms with E-state index < -0.39 is 0 Å². The molecule has 3 heterocycles. The van der Waals surface area contributed by atoms with Crippen molar-refractivity contribution in [1.82, 2.24) is 14.8 Å². The molecule has 0 saturated carbocycles. The highest BCUT2D eigenvalue weighted by Crippen LogP contribution is 2.34. The summed E-state index contributed by atoms with van der Waals surface area (Å²) in [6, 6.07) is 5.79. The Labute approximate surface area is 115 Å². The predicted molar refractivity (Wildman–Crippen MR) is 69.6 cm³/mol. The van der Waals surface area contributed by atoms with Crippen molar-refractivity contribution in [3.8, 4) is 11.5 Å². The summed E-state index contributed by atoms with van der Waals surface area (Å²) >= 11 is 0. The number of aromatic nitrogens is 3. The zero-order valence-corrected chi connectivity index (χ0v) is 10.8. The van der Waals surface area contributed by atoms with Crippen molar-refractivity contribution < 1.29 is 14.2 Å². The second-order valence-electron chi connectivity index (χ2n) is 4.66. The third kappa shape index (κ3) is 1.96. The lowest BCUT2D eigenvalue weighted by molar-refractivity contribution is 0.0807. The lowest BCUT2D eigenvalue weighted by Gasteiger charge is -2.15. The maximum Gasteiger partial charge on any atom is 0.231 e. The number of fused-ring (bicyclic) bond motifs is 2. The van der Waals surface area contributed by atoms with Crippen molar-refractivity contribution in [3.63, 3.8) is 0 Å². The molecule has 0 spiro atoms. The summed E-state index contributed by atoms with van der Waals surface area (Å²) in [7, 11) is 0. The Morgan fingerprint density at radius 3 is 3.15 bits per heavy atom. The summed E-state index contributed by atoms with van der Waals surface area (Å²) in [5, 5.41) is 11.7. The zero-order valence-electron chi connectivity index (χ0n) is 10.8. The number of hydrogen-bond acceptors (Lipinski definition) is 6. The van der Waals surface area contributed by atoms with Gasteiger partial charge in [0.2, 0.25) is 6.79 Å². The molecule has 4 rings (SSSR count). The Hall–Kier alpha value is -2.28. The molecule has 0 atom stereocenters. The van der Waals surface area contributed by atoms with Crippen LogP contribution in [0, 0.1) is 0 Å². The highest BCUT2D eigenvalue weighted by atomic mass is 16.7. The van der Waals surface area contributed by atoms with Gasteiger partial charge < -0.3 is 24.1 Å². The minimum absolute atomic E-state index is 0.288. The van der Waals surface area contributed by atoms with Crippen molar-refractivity contribution in [3.05, 3.63) is 29.8 Å². The maximum atomic E-state index is 5.35. The molecule has 104 valence electrons. The lowest BCUT2D eigenvalue weighted by atomic mass is 10.3. The van der Waals surface area contributed by atoms with Crippen molar-refractivity contribution in [1.29, 1.82) is 0 Å². The highest BCUT2D eigenvalue weighted by molar-refractivity contribution is 5.55. The molecule has 7 heteroatoms. The maximum absolute atomic E-state index is 5.35. The summed E-state index contributed by atoms with van der Waals surface area (Å²) in [4.78, 5) is 0. The number of ether oxygens (including phenoxy) is 3. The summed E-state index contributed by atoms with van der Waals surface area (Å²) < 4.78 is 18.1. The van der Waals surface area contributed by atoms with Gasteiger partial charge in [-0.2, -0.15) is 0 Å². The second kappa shape index (κ2) is 4.68. The van der Waals surface area contributed by atoms with Crippen LogP contribution in [0.1, 0.15) is 11.6 Å². The summed E-state index contributed by atoms with van der Waals surface area (Å²) in [6.45, 7) is 2.96. The smallest absolute Gasteiger partial charge is 0.231 e. The molecular weight excluding hydrogens is 260 g/mol. The van der Waals surface area contributed by atoms with Crippen LogP contribution in [0.2, 0.25) is 0 Å². The van der Waals surface area contributed by atoms with Crippen molar-refractivity contribution >= 4 is 5.69 Å². The van der Waals surface area contributed by atoms with Crippen LogP contribution in [0.15, 0.2) is 18.2 Å². The molecule has 0 aliphatic carbocycles. The number of benzene rings is 1. The molecule has 1 N–H and O–H groups in total. The van der Waals surface area contributed by atoms with Crippen LogP contribution < -0.4 is 14.8 Å². The number of hydrogen-bond donors (Lipinski definition) is 1. The number of rotatable bonds is 3. The molecule has 0 amide bonds. The van der Waals surface area contributed by atoms with E-state index in [0.29, 0.717) is 19.8 Å². The summed E-state index contributed by atoms with van der Waals surface area (Å²) in [6.07, 6.45) is 0. The Kier molecular flexibility index (Phi) is 2.70. The number of nitrogens with one attached hydrogen (secondary N) is 1. The molecule has 1 aromatic heterocycles. The van der Waals surface area contributed by atoms with Crippen LogP contribution in [-0.2, 0) is 24.4 Å². The van der Waals surface area contributed by atoms with Gasteiger partial charge in [0.1, 0.15) is 6.61 Å². The number of anilines is 1. The van der Waals surface area contributed by atoms with Crippen LogP contribution >= 0.6 is 0 Å². The van der Waals surface area contributed by atoms with E-state index in [4.69, 9.17) is 14.2 Å². The standard InChI is InChI=1S/C13H14N4O3/c1-2-10-11(20-8-19-10)5-9(1)14-6-12-15-16-13-7-18-4-3-17(12)13/h1-2,5,14H,3-4,6-8H2. The average Bonchev–Trinajstić information content (AvgIpc) is 3.11. The molecule has 2 aromatic rings. The molecule has 0 unspecified atom stereocenters. The Balaban J connectivity index is 1.49. The third-order valence-corrected chi connectivity index (χ3v) is 3.42. The SMILES string of the molecule is c1cc2c(cc1NCc1nnc3n1CCOC3)OCO2. The van der Waals surface area contributed by atoms with E-state index in [1.54, 1.807) is 0 Å². The molecule has 2 aliphatic rings. The fourth-order valence-corrected chi connectivity index (χ4v) is 2.37. The second-order valence-corrected chi connectivity index (χ2v) is 4.66. The van der Waals surface area contributed by atoms with E-state index >= 15 is 0 Å². The average molecular weight is 274 g/mol. The van der Waals surface area contributed by atoms with E-state index in [9.17, 15) is 0 Å². The summed E-state index contributed by atoms with van der Waals surface area (Å²) in [5.74, 6) is 3.36. The minimum Gasteiger partial charge on any atom is -0.454 e. The molecular formula is C13H14N4O3. The highest BCUT2D eigenvalue weighted by Gasteiger charge is 2.16. The summed E-state index contributed by atoms with van der Waals surface area (Å²) in [5.41, 5.74) is 0.971. The first kappa shape index (κ1) is 11.5. The zero-order chi connectivity index (χ0) is 13.4. The first-order chi connectivity index (χ1) is 9.90. The monoisotopic (exact) mass is 274 g/mol. The molecule has 0 fully saturated rings. The van der Waals surface area contributed by atoms with Gasteiger partial charge in [-0.15, -0.1) is 10.2 Å². The number of nitrogens with zero attached hydrogens (tertiary/aromatic N) is 3. The van der Waals surface area contributed by atoms with E-state index in [2.05, 4.69) is 20.1 Å². The predicted octanol–water partition coefficient (Wildman–Crippen LogP) is 1.15. The van der Waals surface area contributed by atoms with Gasteiger partial charge in [-0.3, -0.25) is 0 Å². The molecule has 2 aliphatic heterocycles. The van der Waals surface area contributed by atoms with Crippen LogP contribution in [0.4, 0.5) is 5.69 Å². The molecule has 0 radical (unpaired) electrons. The van der Waals surface area contributed by atoms with Gasteiger partial charge >= 0.3 is 0 Å². The molecule has 20 heavy (non-hydrogen) atoms. The third-order valence-electron chi connectivity index (χ3n) is 3.42. The van der Waals surface area contributed by atoms with Crippen molar-refractivity contribution in [2.75, 3.05) is 18.7 Å².